The van der Waals surface area contributed by atoms with E-state index in [1.807, 2.05) is 0 Å². The summed E-state index contributed by atoms with van der Waals surface area (Å²) >= 11 is 0. The monoisotopic (exact) mass is 334 g/mol. The van der Waals surface area contributed by atoms with Gasteiger partial charge in [-0.1, -0.05) is 30.3 Å². The molecule has 0 amide bonds. The average Bonchev–Trinajstić information content (AvgIpc) is 2.59. The van der Waals surface area contributed by atoms with E-state index in [4.69, 9.17) is 4.74 Å². The molecule has 3 heteroatoms. The zero-order chi connectivity index (χ0) is 17.6. The van der Waals surface area contributed by atoms with Crippen molar-refractivity contribution in [2.45, 2.75) is 46.0 Å². The van der Waals surface area contributed by atoms with E-state index in [1.54, 1.807) is 6.92 Å². The molecule has 0 saturated heterocycles. The number of hydrogen-bond donors (Lipinski definition) is 0. The summed E-state index contributed by atoms with van der Waals surface area (Å²) in [5.74, 6) is 0.828. The van der Waals surface area contributed by atoms with E-state index < -0.39 is 0 Å². The van der Waals surface area contributed by atoms with Gasteiger partial charge in [-0.3, -0.25) is 9.59 Å². The van der Waals surface area contributed by atoms with Crippen molar-refractivity contribution < 1.29 is 14.3 Å². The normalized spacial score (nSPS) is 17.9. The molecule has 2 aliphatic carbocycles. The molecule has 1 unspecified atom stereocenters. The minimum atomic E-state index is -0.275. The Balaban J connectivity index is 1.83. The standard InChI is InChI=1S/C22H22O3/c1-13(23)15-7-8-20-18(9-15)11-19-10-16-5-3-4-6-17(16)12-21(19)22(20)25-14(2)24/h3-6,11,15H,7-10,12H2,1-2H3. The number of ether oxygens (including phenoxy) is 1. The van der Waals surface area contributed by atoms with Crippen LogP contribution in [0.5, 0.6) is 5.75 Å². The van der Waals surface area contributed by atoms with Gasteiger partial charge in [-0.25, -0.2) is 0 Å². The fraction of sp³-hybridized carbons (Fsp3) is 0.364. The molecule has 0 spiro atoms. The van der Waals surface area contributed by atoms with Gasteiger partial charge in [0, 0.05) is 24.8 Å². The van der Waals surface area contributed by atoms with Crippen molar-refractivity contribution in [3.05, 3.63) is 63.7 Å². The summed E-state index contributed by atoms with van der Waals surface area (Å²) in [6.45, 7) is 3.14. The van der Waals surface area contributed by atoms with Crippen molar-refractivity contribution in [1.29, 1.82) is 0 Å². The third kappa shape index (κ3) is 2.88. The molecule has 0 N–H and O–H groups in total. The van der Waals surface area contributed by atoms with Gasteiger partial charge in [0.05, 0.1) is 0 Å². The Labute approximate surface area is 148 Å². The van der Waals surface area contributed by atoms with Gasteiger partial charge in [0.25, 0.3) is 0 Å². The molecule has 1 atom stereocenters. The highest BCUT2D eigenvalue weighted by molar-refractivity contribution is 5.79. The molecule has 0 aromatic heterocycles. The van der Waals surface area contributed by atoms with Crippen LogP contribution in [-0.4, -0.2) is 11.8 Å². The molecular weight excluding hydrogens is 312 g/mol. The summed E-state index contributed by atoms with van der Waals surface area (Å²) in [6, 6.07) is 10.7. The average molecular weight is 334 g/mol. The van der Waals surface area contributed by atoms with Crippen LogP contribution >= 0.6 is 0 Å². The number of Topliss-reactive ketones (excluding diaryl/α,β-unsaturated/α-hetero) is 1. The Kier molecular flexibility index (Phi) is 3.95. The number of fused-ring (bicyclic) bond motifs is 3. The molecule has 0 radical (unpaired) electrons. The highest BCUT2D eigenvalue weighted by atomic mass is 16.5. The van der Waals surface area contributed by atoms with Crippen LogP contribution in [0.15, 0.2) is 30.3 Å². The molecule has 2 aromatic rings. The maximum atomic E-state index is 11.8. The van der Waals surface area contributed by atoms with Crippen LogP contribution in [0.3, 0.4) is 0 Å². The van der Waals surface area contributed by atoms with E-state index in [0.29, 0.717) is 0 Å². The lowest BCUT2D eigenvalue weighted by Gasteiger charge is -2.30. The Hall–Kier alpha value is -2.42. The van der Waals surface area contributed by atoms with Crippen molar-refractivity contribution >= 4 is 11.8 Å². The summed E-state index contributed by atoms with van der Waals surface area (Å²) in [5.41, 5.74) is 7.34. The first-order valence-electron chi connectivity index (χ1n) is 8.95. The third-order valence-corrected chi connectivity index (χ3v) is 5.57. The molecule has 4 rings (SSSR count). The third-order valence-electron chi connectivity index (χ3n) is 5.57. The van der Waals surface area contributed by atoms with Gasteiger partial charge >= 0.3 is 5.97 Å². The molecule has 25 heavy (non-hydrogen) atoms. The Morgan fingerprint density at radius 3 is 2.36 bits per heavy atom. The minimum Gasteiger partial charge on any atom is -0.426 e. The van der Waals surface area contributed by atoms with Crippen molar-refractivity contribution in [3.8, 4) is 5.75 Å². The van der Waals surface area contributed by atoms with Crippen molar-refractivity contribution in [2.24, 2.45) is 5.92 Å². The van der Waals surface area contributed by atoms with Gasteiger partial charge in [0.2, 0.25) is 0 Å². The van der Waals surface area contributed by atoms with Gasteiger partial charge in [-0.2, -0.15) is 0 Å². The molecule has 128 valence electrons. The highest BCUT2D eigenvalue weighted by Gasteiger charge is 2.29. The lowest BCUT2D eigenvalue weighted by atomic mass is 9.76. The van der Waals surface area contributed by atoms with Gasteiger partial charge in [0.15, 0.2) is 0 Å². The lowest BCUT2D eigenvalue weighted by Crippen LogP contribution is -2.23. The Morgan fingerprint density at radius 2 is 1.68 bits per heavy atom. The van der Waals surface area contributed by atoms with Crippen LogP contribution in [0, 0.1) is 5.92 Å². The summed E-state index contributed by atoms with van der Waals surface area (Å²) in [7, 11) is 0. The van der Waals surface area contributed by atoms with Gasteiger partial charge < -0.3 is 4.74 Å². The molecule has 0 heterocycles. The maximum Gasteiger partial charge on any atom is 0.308 e. The van der Waals surface area contributed by atoms with E-state index in [9.17, 15) is 9.59 Å². The van der Waals surface area contributed by atoms with Crippen LogP contribution in [0.2, 0.25) is 0 Å². The number of carbonyl (C=O) groups excluding carboxylic acids is 2. The number of esters is 1. The van der Waals surface area contributed by atoms with Crippen molar-refractivity contribution in [1.82, 2.24) is 0 Å². The zero-order valence-electron chi connectivity index (χ0n) is 14.7. The van der Waals surface area contributed by atoms with E-state index in [2.05, 4.69) is 30.3 Å². The summed E-state index contributed by atoms with van der Waals surface area (Å²) in [5, 5.41) is 0. The lowest BCUT2D eigenvalue weighted by molar-refractivity contribution is -0.132. The van der Waals surface area contributed by atoms with Gasteiger partial charge in [-0.05, 0) is 60.4 Å². The second-order valence-electron chi connectivity index (χ2n) is 7.25. The molecule has 0 saturated carbocycles. The summed E-state index contributed by atoms with van der Waals surface area (Å²) in [4.78, 5) is 23.6. The first kappa shape index (κ1) is 16.1. The fourth-order valence-corrected chi connectivity index (χ4v) is 4.26. The smallest absolute Gasteiger partial charge is 0.308 e. The van der Waals surface area contributed by atoms with E-state index in [1.165, 1.54) is 29.2 Å². The number of carbonyl (C=O) groups is 2. The van der Waals surface area contributed by atoms with Crippen molar-refractivity contribution in [2.75, 3.05) is 0 Å². The maximum absolute atomic E-state index is 11.8. The van der Waals surface area contributed by atoms with Crippen LogP contribution in [-0.2, 0) is 35.3 Å². The summed E-state index contributed by atoms with van der Waals surface area (Å²) < 4.78 is 5.70. The predicted molar refractivity (Wildman–Crippen MR) is 96.0 cm³/mol. The first-order valence-corrected chi connectivity index (χ1v) is 8.95. The van der Waals surface area contributed by atoms with Gasteiger partial charge in [-0.15, -0.1) is 0 Å². The first-order chi connectivity index (χ1) is 12.0. The molecule has 0 bridgehead atoms. The Morgan fingerprint density at radius 1 is 0.960 bits per heavy atom. The van der Waals surface area contributed by atoms with E-state index in [0.717, 1.165) is 49.0 Å². The SMILES string of the molecule is CC(=O)Oc1c2c(cc3c1Cc1ccccc1C3)CC(C(C)=O)CC2. The number of benzene rings is 2. The molecule has 0 fully saturated rings. The largest absolute Gasteiger partial charge is 0.426 e. The second kappa shape index (κ2) is 6.14. The van der Waals surface area contributed by atoms with Crippen LogP contribution in [0.25, 0.3) is 0 Å². The number of ketones is 1. The Bertz CT molecular complexity index is 879. The quantitative estimate of drug-likeness (QED) is 0.529. The van der Waals surface area contributed by atoms with E-state index in [-0.39, 0.29) is 17.7 Å². The molecule has 3 nitrogen and oxygen atoms in total. The minimum absolute atomic E-state index is 0.0894. The highest BCUT2D eigenvalue weighted by Crippen LogP contribution is 2.41. The van der Waals surface area contributed by atoms with Crippen LogP contribution < -0.4 is 4.74 Å². The predicted octanol–water partition coefficient (Wildman–Crippen LogP) is 3.80. The topological polar surface area (TPSA) is 43.4 Å². The second-order valence-corrected chi connectivity index (χ2v) is 7.25. The number of rotatable bonds is 2. The van der Waals surface area contributed by atoms with Crippen LogP contribution in [0.1, 0.15) is 53.6 Å². The molecule has 2 aromatic carbocycles. The van der Waals surface area contributed by atoms with Gasteiger partial charge in [0.1, 0.15) is 11.5 Å². The van der Waals surface area contributed by atoms with Crippen molar-refractivity contribution in [3.63, 3.8) is 0 Å². The van der Waals surface area contributed by atoms with Crippen LogP contribution in [0.4, 0.5) is 0 Å². The summed E-state index contributed by atoms with van der Waals surface area (Å²) in [6.07, 6.45) is 4.06. The fourth-order valence-electron chi connectivity index (χ4n) is 4.26. The zero-order valence-corrected chi connectivity index (χ0v) is 14.7. The molecule has 0 aliphatic heterocycles. The number of hydrogen-bond acceptors (Lipinski definition) is 3. The van der Waals surface area contributed by atoms with E-state index >= 15 is 0 Å². The molecular formula is C22H22O3. The molecule has 2 aliphatic rings.